The second-order valence-corrected chi connectivity index (χ2v) is 3.95. The molecule has 1 atom stereocenters. The van der Waals surface area contributed by atoms with Gasteiger partial charge in [-0.05, 0) is 12.5 Å². The van der Waals surface area contributed by atoms with Crippen molar-refractivity contribution in [2.45, 2.75) is 19.3 Å². The Bertz CT molecular complexity index is 467. The Morgan fingerprint density at radius 3 is 2.59 bits per heavy atom. The zero-order chi connectivity index (χ0) is 12.1. The van der Waals surface area contributed by atoms with Gasteiger partial charge in [0, 0.05) is 17.7 Å². The van der Waals surface area contributed by atoms with E-state index >= 15 is 0 Å². The summed E-state index contributed by atoms with van der Waals surface area (Å²) in [5, 5.41) is 9.26. The molecule has 0 aliphatic carbocycles. The van der Waals surface area contributed by atoms with E-state index in [0.717, 1.165) is 23.5 Å². The predicted octanol–water partition coefficient (Wildman–Crippen LogP) is 2.63. The first kappa shape index (κ1) is 11.7. The molecular weight excluding hydrogens is 212 g/mol. The predicted molar refractivity (Wildman–Crippen MR) is 67.6 cm³/mol. The lowest BCUT2D eigenvalue weighted by atomic mass is 10.1. The largest absolute Gasteiger partial charge is 0.396 e. The molecular formula is C14H16N2O. The molecule has 2 rings (SSSR count). The number of aliphatic hydroxyl groups excluding tert-OH is 1. The lowest BCUT2D eigenvalue weighted by molar-refractivity contribution is 0.257. The molecule has 3 nitrogen and oxygen atoms in total. The fraction of sp³-hybridized carbons (Fsp3) is 0.286. The second kappa shape index (κ2) is 5.55. The van der Waals surface area contributed by atoms with Gasteiger partial charge in [0.25, 0.3) is 0 Å². The molecule has 0 spiro atoms. The third-order valence-corrected chi connectivity index (χ3v) is 2.82. The molecule has 0 saturated carbocycles. The average Bonchev–Trinajstić information content (AvgIpc) is 2.42. The molecule has 0 amide bonds. The Morgan fingerprint density at radius 2 is 1.94 bits per heavy atom. The van der Waals surface area contributed by atoms with E-state index in [9.17, 15) is 5.11 Å². The van der Waals surface area contributed by atoms with Crippen LogP contribution in [0.3, 0.4) is 0 Å². The van der Waals surface area contributed by atoms with Crippen molar-refractivity contribution in [3.8, 4) is 11.3 Å². The van der Waals surface area contributed by atoms with Crippen LogP contribution in [-0.2, 0) is 0 Å². The molecule has 3 heteroatoms. The van der Waals surface area contributed by atoms with Crippen LogP contribution >= 0.6 is 0 Å². The van der Waals surface area contributed by atoms with Crippen LogP contribution in [-0.4, -0.2) is 21.7 Å². The summed E-state index contributed by atoms with van der Waals surface area (Å²) in [7, 11) is 0. The molecule has 1 aromatic carbocycles. The highest BCUT2D eigenvalue weighted by molar-refractivity contribution is 5.58. The SMILES string of the molecule is CCC(CO)c1nccc(-c2ccccc2)n1. The first-order valence-electron chi connectivity index (χ1n) is 5.84. The summed E-state index contributed by atoms with van der Waals surface area (Å²) in [5.74, 6) is 0.745. The number of benzene rings is 1. The topological polar surface area (TPSA) is 46.0 Å². The smallest absolute Gasteiger partial charge is 0.134 e. The van der Waals surface area contributed by atoms with Crippen molar-refractivity contribution < 1.29 is 5.11 Å². The minimum absolute atomic E-state index is 0.0265. The van der Waals surface area contributed by atoms with E-state index in [-0.39, 0.29) is 12.5 Å². The second-order valence-electron chi connectivity index (χ2n) is 3.95. The number of aliphatic hydroxyl groups is 1. The van der Waals surface area contributed by atoms with Gasteiger partial charge in [-0.1, -0.05) is 37.3 Å². The minimum Gasteiger partial charge on any atom is -0.396 e. The summed E-state index contributed by atoms with van der Waals surface area (Å²) in [4.78, 5) is 8.75. The molecule has 0 bridgehead atoms. The molecule has 0 radical (unpaired) electrons. The molecule has 0 saturated heterocycles. The van der Waals surface area contributed by atoms with Crippen LogP contribution in [0.15, 0.2) is 42.6 Å². The zero-order valence-electron chi connectivity index (χ0n) is 9.87. The van der Waals surface area contributed by atoms with E-state index < -0.39 is 0 Å². The molecule has 1 aromatic heterocycles. The standard InChI is InChI=1S/C14H16N2O/c1-2-11(10-17)14-15-9-8-13(16-14)12-6-4-3-5-7-12/h3-9,11,17H,2,10H2,1H3. The van der Waals surface area contributed by atoms with E-state index in [2.05, 4.69) is 9.97 Å². The Balaban J connectivity index is 2.35. The van der Waals surface area contributed by atoms with Crippen LogP contribution in [0.4, 0.5) is 0 Å². The molecule has 0 aliphatic heterocycles. The van der Waals surface area contributed by atoms with Crippen molar-refractivity contribution in [2.75, 3.05) is 6.61 Å². The van der Waals surface area contributed by atoms with Crippen LogP contribution in [0.5, 0.6) is 0 Å². The van der Waals surface area contributed by atoms with Crippen molar-refractivity contribution in [1.82, 2.24) is 9.97 Å². The Kier molecular flexibility index (Phi) is 3.83. The van der Waals surface area contributed by atoms with E-state index in [0.29, 0.717) is 0 Å². The van der Waals surface area contributed by atoms with Gasteiger partial charge in [-0.2, -0.15) is 0 Å². The first-order valence-corrected chi connectivity index (χ1v) is 5.84. The van der Waals surface area contributed by atoms with Gasteiger partial charge in [-0.15, -0.1) is 0 Å². The van der Waals surface area contributed by atoms with Crippen LogP contribution < -0.4 is 0 Å². The average molecular weight is 228 g/mol. The summed E-state index contributed by atoms with van der Waals surface area (Å²) in [6.45, 7) is 2.12. The molecule has 0 aliphatic rings. The molecule has 0 fully saturated rings. The van der Waals surface area contributed by atoms with Crippen LogP contribution in [0.2, 0.25) is 0 Å². The van der Waals surface area contributed by atoms with E-state index in [4.69, 9.17) is 0 Å². The van der Waals surface area contributed by atoms with Gasteiger partial charge in [-0.3, -0.25) is 0 Å². The molecule has 17 heavy (non-hydrogen) atoms. The summed E-state index contributed by atoms with van der Waals surface area (Å²) in [6, 6.07) is 11.9. The van der Waals surface area contributed by atoms with Crippen molar-refractivity contribution in [3.63, 3.8) is 0 Å². The lowest BCUT2D eigenvalue weighted by Crippen LogP contribution is -2.07. The Morgan fingerprint density at radius 1 is 1.18 bits per heavy atom. The maximum Gasteiger partial charge on any atom is 0.134 e. The third-order valence-electron chi connectivity index (χ3n) is 2.82. The van der Waals surface area contributed by atoms with Gasteiger partial charge in [0.2, 0.25) is 0 Å². The minimum atomic E-state index is 0.0265. The Labute approximate surface area is 101 Å². The lowest BCUT2D eigenvalue weighted by Gasteiger charge is -2.10. The highest BCUT2D eigenvalue weighted by Gasteiger charge is 2.11. The molecule has 1 unspecified atom stereocenters. The molecule has 1 N–H and O–H groups in total. The van der Waals surface area contributed by atoms with Crippen LogP contribution in [0, 0.1) is 0 Å². The van der Waals surface area contributed by atoms with Crippen molar-refractivity contribution in [1.29, 1.82) is 0 Å². The van der Waals surface area contributed by atoms with Gasteiger partial charge in [0.05, 0.1) is 12.3 Å². The maximum atomic E-state index is 9.26. The summed E-state index contributed by atoms with van der Waals surface area (Å²) >= 11 is 0. The number of aromatic nitrogens is 2. The third kappa shape index (κ3) is 2.68. The highest BCUT2D eigenvalue weighted by atomic mass is 16.3. The van der Waals surface area contributed by atoms with E-state index in [1.807, 2.05) is 43.3 Å². The van der Waals surface area contributed by atoms with Crippen molar-refractivity contribution >= 4 is 0 Å². The van der Waals surface area contributed by atoms with Gasteiger partial charge in [-0.25, -0.2) is 9.97 Å². The maximum absolute atomic E-state index is 9.26. The van der Waals surface area contributed by atoms with E-state index in [1.54, 1.807) is 6.20 Å². The quantitative estimate of drug-likeness (QED) is 0.875. The van der Waals surface area contributed by atoms with Gasteiger partial charge in [0.15, 0.2) is 0 Å². The summed E-state index contributed by atoms with van der Waals surface area (Å²) in [6.07, 6.45) is 2.59. The number of rotatable bonds is 4. The van der Waals surface area contributed by atoms with Gasteiger partial charge < -0.3 is 5.11 Å². The summed E-state index contributed by atoms with van der Waals surface area (Å²) < 4.78 is 0. The molecule has 1 heterocycles. The van der Waals surface area contributed by atoms with Gasteiger partial charge >= 0.3 is 0 Å². The van der Waals surface area contributed by atoms with Crippen molar-refractivity contribution in [3.05, 3.63) is 48.4 Å². The van der Waals surface area contributed by atoms with Crippen LogP contribution in [0.25, 0.3) is 11.3 Å². The monoisotopic (exact) mass is 228 g/mol. The Hall–Kier alpha value is -1.74. The normalized spacial score (nSPS) is 12.4. The van der Waals surface area contributed by atoms with Crippen LogP contribution in [0.1, 0.15) is 25.1 Å². The zero-order valence-corrected chi connectivity index (χ0v) is 9.87. The van der Waals surface area contributed by atoms with Crippen molar-refractivity contribution in [2.24, 2.45) is 0 Å². The molecule has 2 aromatic rings. The fourth-order valence-corrected chi connectivity index (χ4v) is 1.73. The molecule has 88 valence electrons. The number of hydrogen-bond donors (Lipinski definition) is 1. The highest BCUT2D eigenvalue weighted by Crippen LogP contribution is 2.19. The summed E-state index contributed by atoms with van der Waals surface area (Å²) in [5.41, 5.74) is 1.98. The first-order chi connectivity index (χ1) is 8.35. The fourth-order valence-electron chi connectivity index (χ4n) is 1.73. The van der Waals surface area contributed by atoms with E-state index in [1.165, 1.54) is 0 Å². The number of hydrogen-bond acceptors (Lipinski definition) is 3. The van der Waals surface area contributed by atoms with Gasteiger partial charge in [0.1, 0.15) is 5.82 Å². The number of nitrogens with zero attached hydrogens (tertiary/aromatic N) is 2.